The zero-order valence-corrected chi connectivity index (χ0v) is 15.5. The van der Waals surface area contributed by atoms with Gasteiger partial charge in [-0.05, 0) is 24.3 Å². The number of nitrogens with one attached hydrogen (secondary N) is 2. The van der Waals surface area contributed by atoms with E-state index in [1.54, 1.807) is 36.4 Å². The number of halogens is 2. The Hall–Kier alpha value is -2.77. The van der Waals surface area contributed by atoms with E-state index < -0.39 is 17.9 Å². The van der Waals surface area contributed by atoms with Crippen molar-refractivity contribution in [3.8, 4) is 11.5 Å². The Morgan fingerprint density at radius 1 is 1.19 bits per heavy atom. The fourth-order valence-electron chi connectivity index (χ4n) is 2.25. The van der Waals surface area contributed by atoms with Crippen molar-refractivity contribution < 1.29 is 19.1 Å². The highest BCUT2D eigenvalue weighted by Gasteiger charge is 2.27. The molecule has 27 heavy (non-hydrogen) atoms. The van der Waals surface area contributed by atoms with E-state index in [4.69, 9.17) is 32.7 Å². The Kier molecular flexibility index (Phi) is 6.16. The third-order valence-electron chi connectivity index (χ3n) is 3.58. The minimum Gasteiger partial charge on any atom is -0.485 e. The first kappa shape index (κ1) is 19.0. The fourth-order valence-corrected chi connectivity index (χ4v) is 2.71. The van der Waals surface area contributed by atoms with Crippen LogP contribution in [-0.4, -0.2) is 37.3 Å². The molecule has 1 atom stereocenters. The first-order valence-electron chi connectivity index (χ1n) is 7.96. The van der Waals surface area contributed by atoms with Crippen LogP contribution in [0, 0.1) is 0 Å². The molecule has 0 fully saturated rings. The van der Waals surface area contributed by atoms with Gasteiger partial charge < -0.3 is 14.8 Å². The van der Waals surface area contributed by atoms with Crippen LogP contribution in [0.25, 0.3) is 0 Å². The number of rotatable bonds is 5. The summed E-state index contributed by atoms with van der Waals surface area (Å²) in [4.78, 5) is 23.9. The molecule has 0 aromatic heterocycles. The first-order chi connectivity index (χ1) is 13.0. The largest absolute Gasteiger partial charge is 0.485 e. The Morgan fingerprint density at radius 2 is 1.96 bits per heavy atom. The second-order valence-corrected chi connectivity index (χ2v) is 6.38. The van der Waals surface area contributed by atoms with Crippen LogP contribution in [0.5, 0.6) is 11.5 Å². The summed E-state index contributed by atoms with van der Waals surface area (Å²) in [5, 5.41) is 7.18. The molecule has 0 saturated heterocycles. The molecule has 0 radical (unpaired) electrons. The summed E-state index contributed by atoms with van der Waals surface area (Å²) in [6.07, 6.45) is 0.553. The van der Waals surface area contributed by atoms with Crippen molar-refractivity contribution in [1.29, 1.82) is 0 Å². The van der Waals surface area contributed by atoms with Gasteiger partial charge in [0.15, 0.2) is 11.5 Å². The molecule has 0 saturated carbocycles. The molecule has 2 aromatic carbocycles. The summed E-state index contributed by atoms with van der Waals surface area (Å²) in [6, 6.07) is 11.9. The molecule has 7 nitrogen and oxygen atoms in total. The summed E-state index contributed by atoms with van der Waals surface area (Å²) >= 11 is 11.8. The van der Waals surface area contributed by atoms with E-state index in [-0.39, 0.29) is 13.2 Å². The number of benzene rings is 2. The lowest BCUT2D eigenvalue weighted by molar-refractivity contribution is -0.132. The van der Waals surface area contributed by atoms with E-state index in [0.717, 1.165) is 0 Å². The highest BCUT2D eigenvalue weighted by Crippen LogP contribution is 2.30. The molecule has 1 aliphatic rings. The number of carbonyl (C=O) groups excluding carboxylic acids is 2. The van der Waals surface area contributed by atoms with E-state index in [0.29, 0.717) is 27.1 Å². The van der Waals surface area contributed by atoms with Gasteiger partial charge in [-0.1, -0.05) is 41.4 Å². The summed E-state index contributed by atoms with van der Waals surface area (Å²) in [7, 11) is 0. The van der Waals surface area contributed by atoms with Crippen molar-refractivity contribution in [2.45, 2.75) is 6.10 Å². The lowest BCUT2D eigenvalue weighted by Gasteiger charge is -2.25. The smallest absolute Gasteiger partial charge is 0.265 e. The average molecular weight is 408 g/mol. The van der Waals surface area contributed by atoms with Crippen molar-refractivity contribution in [2.75, 3.05) is 13.2 Å². The molecule has 1 aliphatic heterocycles. The summed E-state index contributed by atoms with van der Waals surface area (Å²) in [6.45, 7) is -0.191. The predicted octanol–water partition coefficient (Wildman–Crippen LogP) is 2.40. The van der Waals surface area contributed by atoms with Gasteiger partial charge in [-0.15, -0.1) is 0 Å². The van der Waals surface area contributed by atoms with Crippen LogP contribution in [0.4, 0.5) is 0 Å². The van der Waals surface area contributed by atoms with Crippen LogP contribution < -0.4 is 20.2 Å². The maximum absolute atomic E-state index is 12.1. The standard InChI is InChI=1S/C18H15Cl2N3O4/c19-12-6-5-11(13(20)7-12)8-22-23-17(24)9-21-18(25)16-10-26-14-3-1-2-4-15(14)27-16/h1-8,16H,9-10H2,(H,21,25)(H,23,24)/b22-8+/t16-/m1/s1. The van der Waals surface area contributed by atoms with Crippen LogP contribution in [-0.2, 0) is 9.59 Å². The van der Waals surface area contributed by atoms with Gasteiger partial charge in [-0.3, -0.25) is 9.59 Å². The Morgan fingerprint density at radius 3 is 2.74 bits per heavy atom. The molecule has 3 rings (SSSR count). The second kappa shape index (κ2) is 8.75. The number of hydrogen-bond acceptors (Lipinski definition) is 5. The van der Waals surface area contributed by atoms with Gasteiger partial charge in [0.2, 0.25) is 6.10 Å². The van der Waals surface area contributed by atoms with Crippen LogP contribution in [0.15, 0.2) is 47.6 Å². The summed E-state index contributed by atoms with van der Waals surface area (Å²) < 4.78 is 11.0. The first-order valence-corrected chi connectivity index (χ1v) is 8.71. The predicted molar refractivity (Wildman–Crippen MR) is 102 cm³/mol. The van der Waals surface area contributed by atoms with E-state index in [1.165, 1.54) is 6.21 Å². The Labute approximate surface area is 165 Å². The van der Waals surface area contributed by atoms with Crippen LogP contribution in [0.2, 0.25) is 10.0 Å². The van der Waals surface area contributed by atoms with Crippen LogP contribution in [0.3, 0.4) is 0 Å². The van der Waals surface area contributed by atoms with Gasteiger partial charge in [-0.25, -0.2) is 5.43 Å². The molecule has 2 amide bonds. The molecule has 0 unspecified atom stereocenters. The number of nitrogens with zero attached hydrogens (tertiary/aromatic N) is 1. The fraction of sp³-hybridized carbons (Fsp3) is 0.167. The van der Waals surface area contributed by atoms with Gasteiger partial charge in [-0.2, -0.15) is 5.10 Å². The highest BCUT2D eigenvalue weighted by atomic mass is 35.5. The molecule has 0 bridgehead atoms. The normalized spacial score (nSPS) is 15.4. The van der Waals surface area contributed by atoms with Crippen molar-refractivity contribution in [1.82, 2.24) is 10.7 Å². The van der Waals surface area contributed by atoms with Crippen molar-refractivity contribution in [3.63, 3.8) is 0 Å². The monoisotopic (exact) mass is 407 g/mol. The lowest BCUT2D eigenvalue weighted by Crippen LogP contribution is -2.46. The second-order valence-electron chi connectivity index (χ2n) is 5.54. The number of para-hydroxylation sites is 2. The maximum Gasteiger partial charge on any atom is 0.265 e. The molecular formula is C18H15Cl2N3O4. The topological polar surface area (TPSA) is 89.0 Å². The minimum absolute atomic E-state index is 0.0671. The van der Waals surface area contributed by atoms with Gasteiger partial charge in [0.25, 0.3) is 11.8 Å². The third kappa shape index (κ3) is 5.12. The molecule has 2 aromatic rings. The zero-order chi connectivity index (χ0) is 19.2. The number of amides is 2. The van der Waals surface area contributed by atoms with Crippen molar-refractivity contribution >= 4 is 41.2 Å². The summed E-state index contributed by atoms with van der Waals surface area (Å²) in [5.74, 6) is 0.110. The number of carbonyl (C=O) groups is 2. The molecule has 0 aliphatic carbocycles. The maximum atomic E-state index is 12.1. The SMILES string of the molecule is O=C(CNC(=O)[C@H]1COc2ccccc2O1)N/N=C/c1ccc(Cl)cc1Cl. The summed E-state index contributed by atoms with van der Waals surface area (Å²) in [5.41, 5.74) is 2.89. The van der Waals surface area contributed by atoms with E-state index in [2.05, 4.69) is 15.8 Å². The van der Waals surface area contributed by atoms with Gasteiger partial charge in [0.1, 0.15) is 6.61 Å². The number of hydrogen-bond donors (Lipinski definition) is 2. The van der Waals surface area contributed by atoms with Crippen LogP contribution in [0.1, 0.15) is 5.56 Å². The molecule has 0 spiro atoms. The van der Waals surface area contributed by atoms with Crippen molar-refractivity contribution in [3.05, 3.63) is 58.1 Å². The van der Waals surface area contributed by atoms with Crippen LogP contribution >= 0.6 is 23.2 Å². The average Bonchev–Trinajstić information content (AvgIpc) is 2.67. The van der Waals surface area contributed by atoms with Crippen molar-refractivity contribution in [2.24, 2.45) is 5.10 Å². The Balaban J connectivity index is 1.45. The van der Waals surface area contributed by atoms with Gasteiger partial charge >= 0.3 is 0 Å². The van der Waals surface area contributed by atoms with E-state index >= 15 is 0 Å². The number of fused-ring (bicyclic) bond motifs is 1. The lowest BCUT2D eigenvalue weighted by atomic mass is 10.2. The van der Waals surface area contributed by atoms with E-state index in [9.17, 15) is 9.59 Å². The minimum atomic E-state index is -0.830. The number of ether oxygens (including phenoxy) is 2. The zero-order valence-electron chi connectivity index (χ0n) is 13.9. The van der Waals surface area contributed by atoms with E-state index in [1.807, 2.05) is 6.07 Å². The molecule has 140 valence electrons. The molecule has 1 heterocycles. The number of hydrazone groups is 1. The molecule has 9 heteroatoms. The Bertz CT molecular complexity index is 889. The van der Waals surface area contributed by atoms with Gasteiger partial charge in [0.05, 0.1) is 17.8 Å². The molecule has 2 N–H and O–H groups in total. The highest BCUT2D eigenvalue weighted by molar-refractivity contribution is 6.36. The van der Waals surface area contributed by atoms with Gasteiger partial charge in [0, 0.05) is 10.6 Å². The quantitative estimate of drug-likeness (QED) is 0.588. The third-order valence-corrected chi connectivity index (χ3v) is 4.14. The molecular weight excluding hydrogens is 393 g/mol.